The molecule has 0 fully saturated rings. The zero-order chi connectivity index (χ0) is 24.1. The van der Waals surface area contributed by atoms with Gasteiger partial charge < -0.3 is 10.6 Å². The molecule has 0 radical (unpaired) electrons. The van der Waals surface area contributed by atoms with Crippen LogP contribution >= 0.6 is 62.2 Å². The molecule has 8 nitrogen and oxygen atoms in total. The molecule has 2 N–H and O–H groups in total. The average molecular weight is 598 g/mol. The van der Waals surface area contributed by atoms with E-state index in [4.69, 9.17) is 23.2 Å². The standard InChI is InChI=1S/C21H15BrCl2N6O2S2/c22-12-4-5-16(24)15(8-12)19(32)26-10-17-28-29-21(30(17)14-3-1-2-13(23)9-14)34-11-18(31)27-20-25-6-7-33-20/h1-9H,10-11H2,(H,26,32)(H,25,27,31). The Bertz CT molecular complexity index is 1330. The smallest absolute Gasteiger partial charge is 0.253 e. The van der Waals surface area contributed by atoms with Crippen LogP contribution in [0.15, 0.2) is 63.7 Å². The number of amides is 2. The van der Waals surface area contributed by atoms with Gasteiger partial charge >= 0.3 is 0 Å². The van der Waals surface area contributed by atoms with Crippen LogP contribution in [-0.2, 0) is 11.3 Å². The minimum absolute atomic E-state index is 0.0764. The molecule has 2 aromatic heterocycles. The summed E-state index contributed by atoms with van der Waals surface area (Å²) in [5, 5.41) is 17.6. The highest BCUT2D eigenvalue weighted by Gasteiger charge is 2.18. The highest BCUT2D eigenvalue weighted by atomic mass is 79.9. The second-order valence-electron chi connectivity index (χ2n) is 6.70. The van der Waals surface area contributed by atoms with E-state index in [0.717, 1.165) is 4.47 Å². The van der Waals surface area contributed by atoms with Crippen LogP contribution in [0.2, 0.25) is 10.0 Å². The molecule has 2 amide bonds. The van der Waals surface area contributed by atoms with Gasteiger partial charge in [0.2, 0.25) is 5.91 Å². The van der Waals surface area contributed by atoms with Gasteiger partial charge in [0.25, 0.3) is 5.91 Å². The average Bonchev–Trinajstić information content (AvgIpc) is 3.47. The van der Waals surface area contributed by atoms with Crippen molar-refractivity contribution in [2.24, 2.45) is 0 Å². The Balaban J connectivity index is 1.53. The van der Waals surface area contributed by atoms with Crippen LogP contribution in [0.3, 0.4) is 0 Å². The fraction of sp³-hybridized carbons (Fsp3) is 0.0952. The van der Waals surface area contributed by atoms with Crippen LogP contribution in [0.25, 0.3) is 5.69 Å². The van der Waals surface area contributed by atoms with Gasteiger partial charge in [-0.2, -0.15) is 0 Å². The molecule has 0 saturated carbocycles. The number of nitrogens with one attached hydrogen (secondary N) is 2. The summed E-state index contributed by atoms with van der Waals surface area (Å²) >= 11 is 18.2. The van der Waals surface area contributed by atoms with E-state index in [1.807, 2.05) is 6.07 Å². The second-order valence-corrected chi connectivity index (χ2v) is 10.3. The Morgan fingerprint density at radius 3 is 2.76 bits per heavy atom. The highest BCUT2D eigenvalue weighted by Crippen LogP contribution is 2.25. The Kier molecular flexibility index (Phi) is 8.22. The number of halogens is 3. The van der Waals surface area contributed by atoms with Crippen molar-refractivity contribution in [2.45, 2.75) is 11.7 Å². The lowest BCUT2D eigenvalue weighted by Gasteiger charge is -2.12. The van der Waals surface area contributed by atoms with Crippen LogP contribution < -0.4 is 10.6 Å². The van der Waals surface area contributed by atoms with Crippen molar-refractivity contribution in [2.75, 3.05) is 11.1 Å². The van der Waals surface area contributed by atoms with E-state index < -0.39 is 0 Å². The number of nitrogens with zero attached hydrogens (tertiary/aromatic N) is 4. The van der Waals surface area contributed by atoms with Crippen molar-refractivity contribution in [3.8, 4) is 5.69 Å². The van der Waals surface area contributed by atoms with Gasteiger partial charge in [-0.15, -0.1) is 21.5 Å². The topological polar surface area (TPSA) is 102 Å². The third kappa shape index (κ3) is 6.16. The molecule has 2 heterocycles. The van der Waals surface area contributed by atoms with Crippen LogP contribution in [-0.4, -0.2) is 37.3 Å². The first-order chi connectivity index (χ1) is 16.4. The summed E-state index contributed by atoms with van der Waals surface area (Å²) in [6, 6.07) is 12.2. The third-order valence-corrected chi connectivity index (χ3v) is 7.03. The van der Waals surface area contributed by atoms with E-state index in [2.05, 4.69) is 41.7 Å². The predicted octanol–water partition coefficient (Wildman–Crippen LogP) is 5.45. The van der Waals surface area contributed by atoms with Crippen molar-refractivity contribution in [3.05, 3.63) is 79.9 Å². The van der Waals surface area contributed by atoms with Crippen molar-refractivity contribution < 1.29 is 9.59 Å². The maximum absolute atomic E-state index is 12.7. The van der Waals surface area contributed by atoms with E-state index in [1.165, 1.54) is 23.1 Å². The molecule has 0 aliphatic rings. The highest BCUT2D eigenvalue weighted by molar-refractivity contribution is 9.10. The molecule has 4 rings (SSSR count). The van der Waals surface area contributed by atoms with Gasteiger partial charge in [-0.25, -0.2) is 4.98 Å². The molecule has 174 valence electrons. The van der Waals surface area contributed by atoms with Crippen molar-refractivity contribution in [1.29, 1.82) is 0 Å². The van der Waals surface area contributed by atoms with Gasteiger partial charge in [0.1, 0.15) is 0 Å². The largest absolute Gasteiger partial charge is 0.345 e. The fourth-order valence-corrected chi connectivity index (χ4v) is 4.94. The van der Waals surface area contributed by atoms with Crippen molar-refractivity contribution in [1.82, 2.24) is 25.1 Å². The quantitative estimate of drug-likeness (QED) is 0.262. The molecule has 0 spiro atoms. The minimum Gasteiger partial charge on any atom is -0.345 e. The lowest BCUT2D eigenvalue weighted by molar-refractivity contribution is -0.113. The van der Waals surface area contributed by atoms with Crippen LogP contribution in [0.4, 0.5) is 5.13 Å². The number of carbonyl (C=O) groups excluding carboxylic acids is 2. The number of thioether (sulfide) groups is 1. The summed E-state index contributed by atoms with van der Waals surface area (Å²) in [7, 11) is 0. The minimum atomic E-state index is -0.357. The third-order valence-electron chi connectivity index (χ3n) is 4.36. The Labute approximate surface area is 221 Å². The van der Waals surface area contributed by atoms with Crippen LogP contribution in [0.5, 0.6) is 0 Å². The van der Waals surface area contributed by atoms with Gasteiger partial charge in [0.15, 0.2) is 16.1 Å². The molecule has 0 atom stereocenters. The molecule has 0 saturated heterocycles. The Morgan fingerprint density at radius 2 is 2.00 bits per heavy atom. The van der Waals surface area contributed by atoms with Gasteiger partial charge in [0, 0.05) is 21.1 Å². The number of anilines is 1. The predicted molar refractivity (Wildman–Crippen MR) is 138 cm³/mol. The molecule has 0 aliphatic carbocycles. The maximum Gasteiger partial charge on any atom is 0.253 e. The molecule has 2 aromatic carbocycles. The van der Waals surface area contributed by atoms with E-state index in [9.17, 15) is 9.59 Å². The zero-order valence-electron chi connectivity index (χ0n) is 17.2. The Morgan fingerprint density at radius 1 is 1.15 bits per heavy atom. The number of aromatic nitrogens is 4. The monoisotopic (exact) mass is 596 g/mol. The van der Waals surface area contributed by atoms with Crippen LogP contribution in [0, 0.1) is 0 Å². The van der Waals surface area contributed by atoms with Gasteiger partial charge in [-0.1, -0.05) is 57.0 Å². The van der Waals surface area contributed by atoms with E-state index >= 15 is 0 Å². The van der Waals surface area contributed by atoms with E-state index in [0.29, 0.717) is 37.4 Å². The fourth-order valence-electron chi connectivity index (χ4n) is 2.88. The number of hydrogen-bond acceptors (Lipinski definition) is 7. The SMILES string of the molecule is O=C(CSc1nnc(CNC(=O)c2cc(Br)ccc2Cl)n1-c1cccc(Cl)c1)Nc1nccs1. The summed E-state index contributed by atoms with van der Waals surface area (Å²) in [5.74, 6) is -0.0218. The zero-order valence-corrected chi connectivity index (χ0v) is 21.9. The molecule has 13 heteroatoms. The molecule has 0 unspecified atom stereocenters. The number of thiazole rings is 1. The molecule has 0 bridgehead atoms. The van der Waals surface area contributed by atoms with Crippen molar-refractivity contribution in [3.63, 3.8) is 0 Å². The Hall–Kier alpha value is -2.44. The van der Waals surface area contributed by atoms with Crippen molar-refractivity contribution >= 4 is 79.2 Å². The summed E-state index contributed by atoms with van der Waals surface area (Å²) in [5.41, 5.74) is 1.03. The maximum atomic E-state index is 12.7. The lowest BCUT2D eigenvalue weighted by Crippen LogP contribution is -2.25. The number of benzene rings is 2. The first-order valence-electron chi connectivity index (χ1n) is 9.66. The number of rotatable bonds is 8. The summed E-state index contributed by atoms with van der Waals surface area (Å²) in [6.07, 6.45) is 1.62. The number of carbonyl (C=O) groups is 2. The molecule has 4 aromatic rings. The second kappa shape index (κ2) is 11.3. The van der Waals surface area contributed by atoms with Gasteiger partial charge in [0.05, 0.1) is 28.6 Å². The lowest BCUT2D eigenvalue weighted by atomic mass is 10.2. The summed E-state index contributed by atoms with van der Waals surface area (Å²) in [6.45, 7) is 0.0764. The van der Waals surface area contributed by atoms with Crippen LogP contribution in [0.1, 0.15) is 16.2 Å². The molecule has 34 heavy (non-hydrogen) atoms. The first kappa shape index (κ1) is 24.7. The van der Waals surface area contributed by atoms with Gasteiger partial charge in [-0.3, -0.25) is 14.2 Å². The number of hydrogen-bond donors (Lipinski definition) is 2. The summed E-state index contributed by atoms with van der Waals surface area (Å²) in [4.78, 5) is 29.1. The molecular formula is C21H15BrCl2N6O2S2. The van der Waals surface area contributed by atoms with Gasteiger partial charge in [-0.05, 0) is 36.4 Å². The molecule has 0 aliphatic heterocycles. The summed E-state index contributed by atoms with van der Waals surface area (Å²) < 4.78 is 2.48. The van der Waals surface area contributed by atoms with E-state index in [-0.39, 0.29) is 24.1 Å². The molecular weight excluding hydrogens is 583 g/mol. The first-order valence-corrected chi connectivity index (χ1v) is 13.1. The van der Waals surface area contributed by atoms with E-state index in [1.54, 1.807) is 52.5 Å². The normalized spacial score (nSPS) is 10.8.